The van der Waals surface area contributed by atoms with Crippen LogP contribution in [0.3, 0.4) is 0 Å². The van der Waals surface area contributed by atoms with Crippen molar-refractivity contribution < 1.29 is 0 Å². The lowest BCUT2D eigenvalue weighted by molar-refractivity contribution is 0.792. The van der Waals surface area contributed by atoms with E-state index >= 15 is 0 Å². The van der Waals surface area contributed by atoms with Crippen molar-refractivity contribution in [3.63, 3.8) is 0 Å². The number of pyridine rings is 1. The second-order valence-corrected chi connectivity index (χ2v) is 4.91. The van der Waals surface area contributed by atoms with Crippen LogP contribution in [-0.2, 0) is 0 Å². The summed E-state index contributed by atoms with van der Waals surface area (Å²) in [5.74, 6) is 0. The Morgan fingerprint density at radius 3 is 2.95 bits per heavy atom. The topological polar surface area (TPSA) is 39.9 Å². The fourth-order valence-corrected chi connectivity index (χ4v) is 2.65. The Bertz CT molecular complexity index is 695. The molecule has 3 heteroatoms. The lowest BCUT2D eigenvalue weighted by Crippen LogP contribution is -2.30. The monoisotopic (exact) mass is 249 g/mol. The Kier molecular flexibility index (Phi) is 2.92. The van der Waals surface area contributed by atoms with Crippen LogP contribution >= 0.6 is 0 Å². The number of benzene rings is 1. The highest BCUT2D eigenvalue weighted by Gasteiger charge is 2.17. The lowest BCUT2D eigenvalue weighted by Gasteiger charge is -2.30. The first-order valence-electron chi connectivity index (χ1n) is 6.48. The Morgan fingerprint density at radius 1 is 1.32 bits per heavy atom. The predicted octanol–water partition coefficient (Wildman–Crippen LogP) is 3.26. The van der Waals surface area contributed by atoms with Crippen molar-refractivity contribution in [3.8, 4) is 6.07 Å². The van der Waals surface area contributed by atoms with Crippen molar-refractivity contribution in [1.82, 2.24) is 4.98 Å². The highest BCUT2D eigenvalue weighted by atomic mass is 15.1. The van der Waals surface area contributed by atoms with Gasteiger partial charge in [0.05, 0.1) is 16.8 Å². The summed E-state index contributed by atoms with van der Waals surface area (Å²) in [6.45, 7) is 3.99. The van der Waals surface area contributed by atoms with Crippen LogP contribution in [0.25, 0.3) is 10.9 Å². The lowest BCUT2D eigenvalue weighted by atomic mass is 10.1. The number of rotatable bonds is 1. The predicted molar refractivity (Wildman–Crippen MR) is 77.0 cm³/mol. The summed E-state index contributed by atoms with van der Waals surface area (Å²) in [5, 5.41) is 10.4. The number of hydrogen-bond acceptors (Lipinski definition) is 3. The van der Waals surface area contributed by atoms with E-state index in [1.807, 2.05) is 24.3 Å². The average Bonchev–Trinajstić information content (AvgIpc) is 2.46. The quantitative estimate of drug-likeness (QED) is 0.728. The van der Waals surface area contributed by atoms with Gasteiger partial charge < -0.3 is 4.90 Å². The van der Waals surface area contributed by atoms with Crippen molar-refractivity contribution in [2.45, 2.75) is 13.3 Å². The van der Waals surface area contributed by atoms with E-state index in [9.17, 15) is 5.26 Å². The van der Waals surface area contributed by atoms with E-state index in [1.54, 1.807) is 6.20 Å². The van der Waals surface area contributed by atoms with Crippen molar-refractivity contribution in [3.05, 3.63) is 47.7 Å². The molecule has 2 aromatic rings. The van der Waals surface area contributed by atoms with Gasteiger partial charge in [-0.3, -0.25) is 4.98 Å². The summed E-state index contributed by atoms with van der Waals surface area (Å²) in [6, 6.07) is 10.3. The molecule has 0 spiro atoms. The third-order valence-corrected chi connectivity index (χ3v) is 3.52. The molecule has 19 heavy (non-hydrogen) atoms. The molecule has 1 aliphatic heterocycles. The number of hydrogen-bond donors (Lipinski definition) is 0. The van der Waals surface area contributed by atoms with Gasteiger partial charge in [0.2, 0.25) is 0 Å². The molecule has 0 saturated carbocycles. The average molecular weight is 249 g/mol. The Balaban J connectivity index is 2.20. The van der Waals surface area contributed by atoms with E-state index in [0.29, 0.717) is 5.56 Å². The number of nitrogens with zero attached hydrogens (tertiary/aromatic N) is 3. The number of fused-ring (bicyclic) bond motifs is 1. The van der Waals surface area contributed by atoms with Gasteiger partial charge in [-0.1, -0.05) is 29.8 Å². The van der Waals surface area contributed by atoms with E-state index in [1.165, 1.54) is 5.57 Å². The van der Waals surface area contributed by atoms with E-state index in [0.717, 1.165) is 36.1 Å². The first-order valence-corrected chi connectivity index (χ1v) is 6.48. The standard InChI is InChI=1S/C16H15N3/c1-12-5-4-8-19(11-12)16-13(9-17)10-18-15-7-3-2-6-14(15)16/h2-3,5-7,10H,4,8,11H2,1H3. The maximum atomic E-state index is 9.34. The Morgan fingerprint density at radius 2 is 2.16 bits per heavy atom. The zero-order valence-electron chi connectivity index (χ0n) is 10.9. The van der Waals surface area contributed by atoms with Crippen LogP contribution < -0.4 is 4.90 Å². The van der Waals surface area contributed by atoms with Crippen LogP contribution in [0.1, 0.15) is 18.9 Å². The molecule has 0 amide bonds. The summed E-state index contributed by atoms with van der Waals surface area (Å²) in [4.78, 5) is 6.65. The van der Waals surface area contributed by atoms with Crippen molar-refractivity contribution in [2.75, 3.05) is 18.0 Å². The van der Waals surface area contributed by atoms with Crippen LogP contribution in [0.15, 0.2) is 42.1 Å². The minimum absolute atomic E-state index is 0.661. The van der Waals surface area contributed by atoms with Gasteiger partial charge in [0.1, 0.15) is 6.07 Å². The normalized spacial score (nSPS) is 15.2. The van der Waals surface area contributed by atoms with Gasteiger partial charge in [-0.15, -0.1) is 0 Å². The van der Waals surface area contributed by atoms with Gasteiger partial charge in [0.15, 0.2) is 0 Å². The maximum Gasteiger partial charge on any atom is 0.103 e. The molecule has 3 nitrogen and oxygen atoms in total. The first-order chi connectivity index (χ1) is 9.29. The summed E-state index contributed by atoms with van der Waals surface area (Å²) < 4.78 is 0. The molecular formula is C16H15N3. The van der Waals surface area contributed by atoms with E-state index in [-0.39, 0.29) is 0 Å². The van der Waals surface area contributed by atoms with Gasteiger partial charge in [-0.2, -0.15) is 5.26 Å². The zero-order valence-corrected chi connectivity index (χ0v) is 10.9. The summed E-state index contributed by atoms with van der Waals surface area (Å²) in [7, 11) is 0. The van der Waals surface area contributed by atoms with Gasteiger partial charge >= 0.3 is 0 Å². The third-order valence-electron chi connectivity index (χ3n) is 3.52. The van der Waals surface area contributed by atoms with Crippen molar-refractivity contribution >= 4 is 16.6 Å². The molecule has 94 valence electrons. The second-order valence-electron chi connectivity index (χ2n) is 4.91. The molecule has 0 saturated heterocycles. The smallest absolute Gasteiger partial charge is 0.103 e. The molecule has 1 aromatic heterocycles. The molecule has 0 bridgehead atoms. The number of nitriles is 1. The third kappa shape index (κ3) is 2.06. The van der Waals surface area contributed by atoms with E-state index < -0.39 is 0 Å². The molecule has 0 atom stereocenters. The number of aromatic nitrogens is 1. The molecule has 0 unspecified atom stereocenters. The second kappa shape index (κ2) is 4.74. The molecule has 0 N–H and O–H groups in total. The molecular weight excluding hydrogens is 234 g/mol. The largest absolute Gasteiger partial charge is 0.366 e. The summed E-state index contributed by atoms with van der Waals surface area (Å²) >= 11 is 0. The number of para-hydroxylation sites is 1. The Labute approximate surface area is 112 Å². The highest BCUT2D eigenvalue weighted by Crippen LogP contribution is 2.31. The van der Waals surface area contributed by atoms with Crippen LogP contribution in [0, 0.1) is 11.3 Å². The highest BCUT2D eigenvalue weighted by molar-refractivity contribution is 5.94. The minimum Gasteiger partial charge on any atom is -0.366 e. The zero-order chi connectivity index (χ0) is 13.2. The molecule has 0 aliphatic carbocycles. The van der Waals surface area contributed by atoms with Crippen LogP contribution in [0.2, 0.25) is 0 Å². The van der Waals surface area contributed by atoms with Gasteiger partial charge in [0, 0.05) is 24.7 Å². The molecule has 2 heterocycles. The molecule has 1 aliphatic rings. The minimum atomic E-state index is 0.661. The maximum absolute atomic E-state index is 9.34. The first kappa shape index (κ1) is 11.7. The van der Waals surface area contributed by atoms with Crippen LogP contribution in [-0.4, -0.2) is 18.1 Å². The molecule has 3 rings (SSSR count). The van der Waals surface area contributed by atoms with Gasteiger partial charge in [-0.05, 0) is 19.4 Å². The fraction of sp³-hybridized carbons (Fsp3) is 0.250. The number of anilines is 1. The van der Waals surface area contributed by atoms with Crippen molar-refractivity contribution in [1.29, 1.82) is 5.26 Å². The molecule has 0 fully saturated rings. The Hall–Kier alpha value is -2.34. The summed E-state index contributed by atoms with van der Waals surface area (Å²) in [5.41, 5.74) is 3.99. The van der Waals surface area contributed by atoms with E-state index in [4.69, 9.17) is 0 Å². The van der Waals surface area contributed by atoms with Crippen LogP contribution in [0.5, 0.6) is 0 Å². The molecule has 1 aromatic carbocycles. The van der Waals surface area contributed by atoms with Gasteiger partial charge in [0.25, 0.3) is 0 Å². The SMILES string of the molecule is CC1=CCCN(c2c(C#N)cnc3ccccc23)C1. The molecule has 0 radical (unpaired) electrons. The van der Waals surface area contributed by atoms with E-state index in [2.05, 4.69) is 29.0 Å². The van der Waals surface area contributed by atoms with Gasteiger partial charge in [-0.25, -0.2) is 0 Å². The fourth-order valence-electron chi connectivity index (χ4n) is 2.65. The van der Waals surface area contributed by atoms with Crippen molar-refractivity contribution in [2.24, 2.45) is 0 Å². The van der Waals surface area contributed by atoms with Crippen LogP contribution in [0.4, 0.5) is 5.69 Å². The summed E-state index contributed by atoms with van der Waals surface area (Å²) in [6.07, 6.45) is 4.99.